The number of anilines is 1. The largest absolute Gasteiger partial charge is 0.396 e. The van der Waals surface area contributed by atoms with Crippen molar-refractivity contribution in [3.63, 3.8) is 0 Å². The normalized spacial score (nSPS) is 10.8. The zero-order chi connectivity index (χ0) is 13.8. The standard InChI is InChI=1S/C11H14N4O4/c1-2-14(6-3-7-16)8-4-5-9(15(17)18)11-10(8)12-19-13-11/h4-5,16H,2-3,6-7H2,1H3. The number of nitro groups is 1. The molecule has 0 aliphatic carbocycles. The molecule has 19 heavy (non-hydrogen) atoms. The van der Waals surface area contributed by atoms with Gasteiger partial charge in [-0.1, -0.05) is 0 Å². The van der Waals surface area contributed by atoms with Gasteiger partial charge in [0.2, 0.25) is 5.52 Å². The highest BCUT2D eigenvalue weighted by Crippen LogP contribution is 2.31. The minimum atomic E-state index is -0.514. The summed E-state index contributed by atoms with van der Waals surface area (Å²) in [4.78, 5) is 12.3. The fraction of sp³-hybridized carbons (Fsp3) is 0.455. The molecule has 0 atom stereocenters. The minimum Gasteiger partial charge on any atom is -0.396 e. The van der Waals surface area contributed by atoms with Gasteiger partial charge in [-0.2, -0.15) is 0 Å². The average molecular weight is 266 g/mol. The van der Waals surface area contributed by atoms with Crippen molar-refractivity contribution in [1.29, 1.82) is 0 Å². The van der Waals surface area contributed by atoms with Gasteiger partial charge >= 0.3 is 5.69 Å². The summed E-state index contributed by atoms with van der Waals surface area (Å²) in [5, 5.41) is 27.1. The van der Waals surface area contributed by atoms with Crippen molar-refractivity contribution < 1.29 is 14.7 Å². The van der Waals surface area contributed by atoms with Crippen LogP contribution in [-0.4, -0.2) is 40.0 Å². The molecule has 0 radical (unpaired) electrons. The van der Waals surface area contributed by atoms with Crippen molar-refractivity contribution >= 4 is 22.4 Å². The third-order valence-corrected chi connectivity index (χ3v) is 2.88. The lowest BCUT2D eigenvalue weighted by molar-refractivity contribution is -0.383. The predicted octanol–water partition coefficient (Wildman–Crippen LogP) is 1.34. The number of aromatic nitrogens is 2. The minimum absolute atomic E-state index is 0.0870. The molecule has 8 heteroatoms. The monoisotopic (exact) mass is 266 g/mol. The van der Waals surface area contributed by atoms with Crippen LogP contribution in [0, 0.1) is 10.1 Å². The Morgan fingerprint density at radius 1 is 1.42 bits per heavy atom. The fourth-order valence-corrected chi connectivity index (χ4v) is 1.95. The van der Waals surface area contributed by atoms with Crippen LogP contribution in [0.15, 0.2) is 16.8 Å². The number of rotatable bonds is 6. The highest BCUT2D eigenvalue weighted by molar-refractivity contribution is 5.93. The van der Waals surface area contributed by atoms with E-state index < -0.39 is 4.92 Å². The van der Waals surface area contributed by atoms with Gasteiger partial charge in [0.15, 0.2) is 5.52 Å². The van der Waals surface area contributed by atoms with Crippen molar-refractivity contribution in [2.24, 2.45) is 0 Å². The molecule has 1 heterocycles. The number of nitro benzene ring substituents is 1. The first-order valence-corrected chi connectivity index (χ1v) is 5.94. The molecule has 8 nitrogen and oxygen atoms in total. The van der Waals surface area contributed by atoms with Crippen LogP contribution in [0.25, 0.3) is 11.0 Å². The Kier molecular flexibility index (Phi) is 3.91. The van der Waals surface area contributed by atoms with Gasteiger partial charge in [-0.15, -0.1) is 0 Å². The van der Waals surface area contributed by atoms with Gasteiger partial charge < -0.3 is 10.0 Å². The molecule has 0 aliphatic rings. The summed E-state index contributed by atoms with van der Waals surface area (Å²) in [7, 11) is 0. The number of aliphatic hydroxyl groups is 1. The molecule has 102 valence electrons. The van der Waals surface area contributed by atoms with Crippen LogP contribution in [0.3, 0.4) is 0 Å². The zero-order valence-corrected chi connectivity index (χ0v) is 10.4. The summed E-state index contributed by atoms with van der Waals surface area (Å²) in [6.07, 6.45) is 0.609. The van der Waals surface area contributed by atoms with Crippen molar-refractivity contribution in [2.45, 2.75) is 13.3 Å². The van der Waals surface area contributed by atoms with Crippen molar-refractivity contribution in [3.05, 3.63) is 22.2 Å². The highest BCUT2D eigenvalue weighted by Gasteiger charge is 2.21. The lowest BCUT2D eigenvalue weighted by Gasteiger charge is -2.22. The molecule has 1 aromatic carbocycles. The van der Waals surface area contributed by atoms with Gasteiger partial charge in [0.25, 0.3) is 0 Å². The number of aliphatic hydroxyl groups excluding tert-OH is 1. The Morgan fingerprint density at radius 2 is 2.16 bits per heavy atom. The molecule has 0 bridgehead atoms. The molecule has 1 N–H and O–H groups in total. The van der Waals surface area contributed by atoms with E-state index in [1.54, 1.807) is 6.07 Å². The second kappa shape index (κ2) is 5.61. The number of nitrogens with zero attached hydrogens (tertiary/aromatic N) is 4. The van der Waals surface area contributed by atoms with Gasteiger partial charge in [-0.05, 0) is 29.7 Å². The van der Waals surface area contributed by atoms with E-state index in [0.29, 0.717) is 25.0 Å². The Hall–Kier alpha value is -2.22. The highest BCUT2D eigenvalue weighted by atomic mass is 16.6. The summed E-state index contributed by atoms with van der Waals surface area (Å²) >= 11 is 0. The van der Waals surface area contributed by atoms with Crippen LogP contribution in [0.1, 0.15) is 13.3 Å². The van der Waals surface area contributed by atoms with E-state index in [9.17, 15) is 10.1 Å². The van der Waals surface area contributed by atoms with E-state index in [1.807, 2.05) is 11.8 Å². The molecule has 2 aromatic rings. The van der Waals surface area contributed by atoms with Gasteiger partial charge in [-0.3, -0.25) is 10.1 Å². The Bertz CT molecular complexity index is 583. The van der Waals surface area contributed by atoms with Crippen LogP contribution < -0.4 is 4.90 Å². The Labute approximate surface area is 108 Å². The summed E-state index contributed by atoms with van der Waals surface area (Å²) < 4.78 is 4.62. The number of hydrogen-bond acceptors (Lipinski definition) is 7. The van der Waals surface area contributed by atoms with Crippen LogP contribution in [0.2, 0.25) is 0 Å². The van der Waals surface area contributed by atoms with E-state index in [0.717, 1.165) is 5.69 Å². The summed E-state index contributed by atoms with van der Waals surface area (Å²) in [5.74, 6) is 0. The van der Waals surface area contributed by atoms with Crippen LogP contribution in [0.4, 0.5) is 11.4 Å². The maximum absolute atomic E-state index is 10.9. The first-order chi connectivity index (χ1) is 9.19. The van der Waals surface area contributed by atoms with Gasteiger partial charge in [0.05, 0.1) is 10.6 Å². The number of fused-ring (bicyclic) bond motifs is 1. The average Bonchev–Trinajstić information content (AvgIpc) is 2.88. The van der Waals surface area contributed by atoms with E-state index in [2.05, 4.69) is 14.9 Å². The number of non-ortho nitro benzene ring substituents is 1. The fourth-order valence-electron chi connectivity index (χ4n) is 1.95. The lowest BCUT2D eigenvalue weighted by atomic mass is 10.2. The zero-order valence-electron chi connectivity index (χ0n) is 10.4. The molecule has 0 spiro atoms. The number of benzene rings is 1. The van der Waals surface area contributed by atoms with Gasteiger partial charge in [0, 0.05) is 25.8 Å². The molecule has 0 saturated carbocycles. The van der Waals surface area contributed by atoms with Gasteiger partial charge in [-0.25, -0.2) is 4.63 Å². The second-order valence-corrected chi connectivity index (χ2v) is 3.98. The first kappa shape index (κ1) is 13.2. The molecule has 1 aromatic heterocycles. The van der Waals surface area contributed by atoms with Crippen molar-refractivity contribution in [2.75, 3.05) is 24.6 Å². The SMILES string of the molecule is CCN(CCCO)c1ccc([N+](=O)[O-])c2nonc12. The molecule has 0 aliphatic heterocycles. The maximum Gasteiger partial charge on any atom is 0.300 e. The Balaban J connectivity index is 2.46. The summed E-state index contributed by atoms with van der Waals surface area (Å²) in [6.45, 7) is 3.37. The molecule has 0 amide bonds. The van der Waals surface area contributed by atoms with E-state index in [4.69, 9.17) is 5.11 Å². The summed E-state index contributed by atoms with van der Waals surface area (Å²) in [5.41, 5.74) is 1.11. The Morgan fingerprint density at radius 3 is 2.79 bits per heavy atom. The van der Waals surface area contributed by atoms with Crippen molar-refractivity contribution in [3.8, 4) is 0 Å². The molecule has 0 saturated heterocycles. The molecule has 0 fully saturated rings. The predicted molar refractivity (Wildman–Crippen MR) is 68.0 cm³/mol. The smallest absolute Gasteiger partial charge is 0.300 e. The van der Waals surface area contributed by atoms with E-state index >= 15 is 0 Å². The van der Waals surface area contributed by atoms with Crippen LogP contribution in [-0.2, 0) is 0 Å². The molecule has 2 rings (SSSR count). The lowest BCUT2D eigenvalue weighted by Crippen LogP contribution is -2.24. The van der Waals surface area contributed by atoms with E-state index in [-0.39, 0.29) is 17.8 Å². The maximum atomic E-state index is 10.9. The summed E-state index contributed by atoms with van der Waals surface area (Å²) in [6, 6.07) is 3.02. The van der Waals surface area contributed by atoms with Crippen LogP contribution >= 0.6 is 0 Å². The van der Waals surface area contributed by atoms with Crippen LogP contribution in [0.5, 0.6) is 0 Å². The quantitative estimate of drug-likeness (QED) is 0.621. The number of hydrogen-bond donors (Lipinski definition) is 1. The molecular weight excluding hydrogens is 252 g/mol. The molecular formula is C11H14N4O4. The molecule has 0 unspecified atom stereocenters. The third-order valence-electron chi connectivity index (χ3n) is 2.88. The third kappa shape index (κ3) is 2.48. The second-order valence-electron chi connectivity index (χ2n) is 3.98. The van der Waals surface area contributed by atoms with Crippen molar-refractivity contribution in [1.82, 2.24) is 10.3 Å². The van der Waals surface area contributed by atoms with E-state index in [1.165, 1.54) is 6.07 Å². The topological polar surface area (TPSA) is 106 Å². The van der Waals surface area contributed by atoms with Gasteiger partial charge in [0.1, 0.15) is 0 Å². The first-order valence-electron chi connectivity index (χ1n) is 5.94.